The molecule has 0 saturated carbocycles. The van der Waals surface area contributed by atoms with Crippen LogP contribution >= 0.6 is 11.6 Å². The molecule has 2 heterocycles. The Labute approximate surface area is 106 Å². The standard InChI is InChI=1S/C14H14ClN2/c15-12-4-1-5-14-11(12)6-7-13(17-14)10-3-2-8-16-9-10/h1,4-7,9-10,16H,2-3,8H2. The molecule has 1 N–H and O–H groups in total. The normalized spacial score (nSPS) is 20.6. The van der Waals surface area contributed by atoms with E-state index in [4.69, 9.17) is 16.6 Å². The van der Waals surface area contributed by atoms with Crippen LogP contribution in [0.15, 0.2) is 30.3 Å². The monoisotopic (exact) mass is 245 g/mol. The van der Waals surface area contributed by atoms with Crippen molar-refractivity contribution in [3.8, 4) is 0 Å². The van der Waals surface area contributed by atoms with Gasteiger partial charge in [-0.1, -0.05) is 17.7 Å². The number of aromatic nitrogens is 1. The number of nitrogens with one attached hydrogen (secondary N) is 1. The highest BCUT2D eigenvalue weighted by molar-refractivity contribution is 6.35. The van der Waals surface area contributed by atoms with E-state index in [0.29, 0.717) is 5.92 Å². The highest BCUT2D eigenvalue weighted by Crippen LogP contribution is 2.28. The smallest absolute Gasteiger partial charge is 0.0720 e. The van der Waals surface area contributed by atoms with Gasteiger partial charge in [0.1, 0.15) is 0 Å². The third kappa shape index (κ3) is 2.15. The molecule has 1 aliphatic heterocycles. The van der Waals surface area contributed by atoms with Gasteiger partial charge in [0.25, 0.3) is 0 Å². The number of rotatable bonds is 1. The maximum absolute atomic E-state index is 6.14. The van der Waals surface area contributed by atoms with Crippen molar-refractivity contribution in [3.63, 3.8) is 0 Å². The Bertz CT molecular complexity index is 533. The van der Waals surface area contributed by atoms with Gasteiger partial charge in [-0.05, 0) is 43.7 Å². The Hall–Kier alpha value is -1.12. The molecular weight excluding hydrogens is 232 g/mol. The minimum atomic E-state index is 0.423. The van der Waals surface area contributed by atoms with Gasteiger partial charge in [0.15, 0.2) is 0 Å². The number of hydrogen-bond donors (Lipinski definition) is 1. The van der Waals surface area contributed by atoms with E-state index in [0.717, 1.165) is 28.2 Å². The molecule has 0 amide bonds. The first-order valence-corrected chi connectivity index (χ1v) is 6.34. The van der Waals surface area contributed by atoms with Crippen LogP contribution in [0.5, 0.6) is 0 Å². The lowest BCUT2D eigenvalue weighted by Crippen LogP contribution is -2.23. The summed E-state index contributed by atoms with van der Waals surface area (Å²) in [6.45, 7) is 3.23. The summed E-state index contributed by atoms with van der Waals surface area (Å²) in [6.07, 6.45) is 2.38. The zero-order valence-corrected chi connectivity index (χ0v) is 10.2. The zero-order valence-electron chi connectivity index (χ0n) is 9.49. The van der Waals surface area contributed by atoms with Crippen molar-refractivity contribution in [3.05, 3.63) is 47.6 Å². The summed E-state index contributed by atoms with van der Waals surface area (Å²) in [4.78, 5) is 4.70. The zero-order chi connectivity index (χ0) is 11.7. The molecule has 1 radical (unpaired) electrons. The second-order valence-corrected chi connectivity index (χ2v) is 4.82. The summed E-state index contributed by atoms with van der Waals surface area (Å²) in [6, 6.07) is 10.0. The lowest BCUT2D eigenvalue weighted by Gasteiger charge is -2.21. The van der Waals surface area contributed by atoms with E-state index in [9.17, 15) is 0 Å². The van der Waals surface area contributed by atoms with Crippen LogP contribution in [0.1, 0.15) is 24.5 Å². The molecule has 1 fully saturated rings. The molecule has 87 valence electrons. The second-order valence-electron chi connectivity index (χ2n) is 4.41. The molecule has 1 aromatic carbocycles. The molecule has 1 saturated heterocycles. The summed E-state index contributed by atoms with van der Waals surface area (Å²) in [5.41, 5.74) is 2.11. The van der Waals surface area contributed by atoms with E-state index in [1.54, 1.807) is 0 Å². The maximum atomic E-state index is 6.14. The number of pyridine rings is 1. The van der Waals surface area contributed by atoms with Crippen molar-refractivity contribution >= 4 is 22.5 Å². The highest BCUT2D eigenvalue weighted by atomic mass is 35.5. The molecule has 1 unspecified atom stereocenters. The third-order valence-electron chi connectivity index (χ3n) is 3.24. The Morgan fingerprint density at radius 3 is 3.00 bits per heavy atom. The Balaban J connectivity index is 2.01. The molecule has 1 aromatic heterocycles. The predicted octanol–water partition coefficient (Wildman–Crippen LogP) is 3.52. The van der Waals surface area contributed by atoms with Crippen LogP contribution in [-0.4, -0.2) is 11.5 Å². The number of halogens is 1. The molecule has 0 aliphatic carbocycles. The topological polar surface area (TPSA) is 24.9 Å². The number of fused-ring (bicyclic) bond motifs is 1. The Morgan fingerprint density at radius 2 is 2.18 bits per heavy atom. The number of piperidine rings is 1. The fourth-order valence-electron chi connectivity index (χ4n) is 2.31. The Kier molecular flexibility index (Phi) is 3.00. The second kappa shape index (κ2) is 4.63. The minimum absolute atomic E-state index is 0.423. The van der Waals surface area contributed by atoms with Crippen LogP contribution in [0.3, 0.4) is 0 Å². The molecule has 1 aliphatic rings. The van der Waals surface area contributed by atoms with Gasteiger partial charge < -0.3 is 5.32 Å². The first kappa shape index (κ1) is 11.0. The highest BCUT2D eigenvalue weighted by Gasteiger charge is 2.17. The van der Waals surface area contributed by atoms with Crippen molar-refractivity contribution in [1.82, 2.24) is 10.3 Å². The number of nitrogens with zero attached hydrogens (tertiary/aromatic N) is 1. The number of benzene rings is 1. The van der Waals surface area contributed by atoms with Crippen molar-refractivity contribution in [2.24, 2.45) is 0 Å². The third-order valence-corrected chi connectivity index (χ3v) is 3.56. The van der Waals surface area contributed by atoms with E-state index in [-0.39, 0.29) is 0 Å². The first-order chi connectivity index (χ1) is 8.34. The van der Waals surface area contributed by atoms with Gasteiger partial charge in [0, 0.05) is 28.6 Å². The van der Waals surface area contributed by atoms with E-state index in [2.05, 4.69) is 24.0 Å². The van der Waals surface area contributed by atoms with E-state index in [1.165, 1.54) is 12.8 Å². The van der Waals surface area contributed by atoms with Gasteiger partial charge in [-0.15, -0.1) is 0 Å². The largest absolute Gasteiger partial charge is 0.312 e. The van der Waals surface area contributed by atoms with Crippen LogP contribution in [-0.2, 0) is 0 Å². The predicted molar refractivity (Wildman–Crippen MR) is 71.0 cm³/mol. The summed E-state index contributed by atoms with van der Waals surface area (Å²) in [7, 11) is 0. The average molecular weight is 246 g/mol. The average Bonchev–Trinajstić information content (AvgIpc) is 2.40. The molecule has 1 atom stereocenters. The molecule has 3 heteroatoms. The van der Waals surface area contributed by atoms with Gasteiger partial charge in [-0.3, -0.25) is 4.98 Å². The molecule has 2 aromatic rings. The molecule has 0 spiro atoms. The van der Waals surface area contributed by atoms with Crippen LogP contribution in [0.4, 0.5) is 0 Å². The minimum Gasteiger partial charge on any atom is -0.312 e. The van der Waals surface area contributed by atoms with Crippen LogP contribution in [0.25, 0.3) is 10.9 Å². The van der Waals surface area contributed by atoms with Gasteiger partial charge in [-0.25, -0.2) is 0 Å². The van der Waals surface area contributed by atoms with Crippen molar-refractivity contribution in [2.45, 2.75) is 18.8 Å². The summed E-state index contributed by atoms with van der Waals surface area (Å²) < 4.78 is 0. The van der Waals surface area contributed by atoms with E-state index in [1.807, 2.05) is 18.2 Å². The van der Waals surface area contributed by atoms with Crippen molar-refractivity contribution in [1.29, 1.82) is 0 Å². The van der Waals surface area contributed by atoms with E-state index < -0.39 is 0 Å². The van der Waals surface area contributed by atoms with Crippen LogP contribution in [0.2, 0.25) is 5.02 Å². The fraction of sp³-hybridized carbons (Fsp3) is 0.286. The molecule has 2 nitrogen and oxygen atoms in total. The van der Waals surface area contributed by atoms with Gasteiger partial charge in [-0.2, -0.15) is 0 Å². The SMILES string of the molecule is Clc1cccc2nc(C3[CH]NCCC3)ccc12. The van der Waals surface area contributed by atoms with Gasteiger partial charge in [0.05, 0.1) is 5.52 Å². The Morgan fingerprint density at radius 1 is 1.24 bits per heavy atom. The first-order valence-electron chi connectivity index (χ1n) is 5.96. The summed E-state index contributed by atoms with van der Waals surface area (Å²) in [5, 5.41) is 5.10. The number of hydrogen-bond acceptors (Lipinski definition) is 2. The molecule has 3 rings (SSSR count). The lowest BCUT2D eigenvalue weighted by molar-refractivity contribution is 0.515. The van der Waals surface area contributed by atoms with Crippen molar-refractivity contribution in [2.75, 3.05) is 6.54 Å². The van der Waals surface area contributed by atoms with Crippen LogP contribution < -0.4 is 5.32 Å². The van der Waals surface area contributed by atoms with E-state index >= 15 is 0 Å². The van der Waals surface area contributed by atoms with Crippen molar-refractivity contribution < 1.29 is 0 Å². The quantitative estimate of drug-likeness (QED) is 0.832. The lowest BCUT2D eigenvalue weighted by atomic mass is 9.95. The molecule has 0 bridgehead atoms. The van der Waals surface area contributed by atoms with Gasteiger partial charge in [0.2, 0.25) is 0 Å². The molecule has 17 heavy (non-hydrogen) atoms. The van der Waals surface area contributed by atoms with Gasteiger partial charge >= 0.3 is 0 Å². The summed E-state index contributed by atoms with van der Waals surface area (Å²) >= 11 is 6.14. The van der Waals surface area contributed by atoms with Crippen LogP contribution in [0, 0.1) is 6.54 Å². The summed E-state index contributed by atoms with van der Waals surface area (Å²) in [5.74, 6) is 0.423. The fourth-order valence-corrected chi connectivity index (χ4v) is 2.54. The molecular formula is C14H14ClN2. The maximum Gasteiger partial charge on any atom is 0.0720 e.